The van der Waals surface area contributed by atoms with Crippen LogP contribution in [-0.2, 0) is 12.1 Å². The van der Waals surface area contributed by atoms with Crippen molar-refractivity contribution < 1.29 is 4.39 Å². The molecule has 0 heterocycles. The van der Waals surface area contributed by atoms with Crippen LogP contribution in [0.3, 0.4) is 0 Å². The molecular weight excluding hydrogens is 163 g/mol. The predicted molar refractivity (Wildman–Crippen MR) is 54.6 cm³/mol. The molecule has 0 aliphatic heterocycles. The molecule has 0 aromatic heterocycles. The Hall–Kier alpha value is -0.850. The number of hydrogen-bond donors (Lipinski definition) is 0. The lowest BCUT2D eigenvalue weighted by atomic mass is 9.97. The van der Waals surface area contributed by atoms with Crippen LogP contribution in [0.15, 0.2) is 24.3 Å². The fourth-order valence-corrected chi connectivity index (χ4v) is 1.39. The molecule has 0 saturated carbocycles. The Morgan fingerprint density at radius 3 is 2.54 bits per heavy atom. The van der Waals surface area contributed by atoms with Crippen LogP contribution in [0.5, 0.6) is 0 Å². The van der Waals surface area contributed by atoms with Gasteiger partial charge in [-0.15, -0.1) is 0 Å². The molecule has 0 aliphatic rings. The quantitative estimate of drug-likeness (QED) is 0.663. The number of rotatable bonds is 3. The molecule has 0 atom stereocenters. The van der Waals surface area contributed by atoms with Crippen molar-refractivity contribution >= 4 is 0 Å². The summed E-state index contributed by atoms with van der Waals surface area (Å²) < 4.78 is 13.5. The third kappa shape index (κ3) is 2.83. The standard InChI is InChI=1S/C12H17F/c1-4-6-10-7-5-8-11(9-10)12(2,3)13/h5,7-9H,4,6H2,1-3H3. The van der Waals surface area contributed by atoms with E-state index in [1.807, 2.05) is 18.2 Å². The normalized spacial score (nSPS) is 11.7. The van der Waals surface area contributed by atoms with E-state index in [-0.39, 0.29) is 0 Å². The summed E-state index contributed by atoms with van der Waals surface area (Å²) in [5.41, 5.74) is 0.785. The second kappa shape index (κ2) is 3.91. The second-order valence-electron chi connectivity index (χ2n) is 3.92. The van der Waals surface area contributed by atoms with Crippen LogP contribution in [-0.4, -0.2) is 0 Å². The Bertz CT molecular complexity index is 271. The lowest BCUT2D eigenvalue weighted by molar-refractivity contribution is 0.221. The zero-order valence-electron chi connectivity index (χ0n) is 8.60. The van der Waals surface area contributed by atoms with E-state index in [1.165, 1.54) is 5.56 Å². The smallest absolute Gasteiger partial charge is 0.130 e. The third-order valence-corrected chi connectivity index (χ3v) is 2.15. The molecular formula is C12H17F. The molecule has 0 amide bonds. The highest BCUT2D eigenvalue weighted by Crippen LogP contribution is 2.25. The summed E-state index contributed by atoms with van der Waals surface area (Å²) >= 11 is 0. The molecule has 1 aromatic carbocycles. The van der Waals surface area contributed by atoms with Crippen LogP contribution in [0.2, 0.25) is 0 Å². The Balaban J connectivity index is 2.92. The van der Waals surface area contributed by atoms with Crippen molar-refractivity contribution in [3.8, 4) is 0 Å². The molecule has 1 aromatic rings. The van der Waals surface area contributed by atoms with E-state index in [9.17, 15) is 4.39 Å². The van der Waals surface area contributed by atoms with Crippen LogP contribution >= 0.6 is 0 Å². The maximum absolute atomic E-state index is 13.5. The van der Waals surface area contributed by atoms with E-state index in [0.717, 1.165) is 18.4 Å². The molecule has 0 unspecified atom stereocenters. The minimum absolute atomic E-state index is 0.776. The third-order valence-electron chi connectivity index (χ3n) is 2.15. The number of benzene rings is 1. The van der Waals surface area contributed by atoms with Gasteiger partial charge in [-0.3, -0.25) is 0 Å². The Labute approximate surface area is 79.8 Å². The molecule has 72 valence electrons. The van der Waals surface area contributed by atoms with Gasteiger partial charge in [0.1, 0.15) is 5.67 Å². The fourth-order valence-electron chi connectivity index (χ4n) is 1.39. The van der Waals surface area contributed by atoms with E-state index in [0.29, 0.717) is 0 Å². The van der Waals surface area contributed by atoms with Crippen LogP contribution in [0, 0.1) is 0 Å². The highest BCUT2D eigenvalue weighted by molar-refractivity contribution is 5.27. The first-order chi connectivity index (χ1) is 6.04. The molecule has 0 bridgehead atoms. The summed E-state index contributed by atoms with van der Waals surface area (Å²) in [6.45, 7) is 5.32. The Morgan fingerprint density at radius 2 is 2.00 bits per heavy atom. The first-order valence-electron chi connectivity index (χ1n) is 4.82. The molecule has 13 heavy (non-hydrogen) atoms. The van der Waals surface area contributed by atoms with E-state index >= 15 is 0 Å². The summed E-state index contributed by atoms with van der Waals surface area (Å²) in [6, 6.07) is 7.79. The first-order valence-corrected chi connectivity index (χ1v) is 4.82. The van der Waals surface area contributed by atoms with Gasteiger partial charge in [-0.25, -0.2) is 4.39 Å². The van der Waals surface area contributed by atoms with E-state index in [2.05, 4.69) is 13.0 Å². The number of hydrogen-bond acceptors (Lipinski definition) is 0. The first kappa shape index (κ1) is 10.2. The summed E-state index contributed by atoms with van der Waals surface area (Å²) in [5.74, 6) is 0. The molecule has 0 N–H and O–H groups in total. The summed E-state index contributed by atoms with van der Waals surface area (Å²) in [7, 11) is 0. The number of halogens is 1. The molecule has 0 aliphatic carbocycles. The van der Waals surface area contributed by atoms with Crippen LogP contribution in [0.4, 0.5) is 4.39 Å². The molecule has 0 spiro atoms. The van der Waals surface area contributed by atoms with Gasteiger partial charge in [0.05, 0.1) is 0 Å². The average molecular weight is 180 g/mol. The highest BCUT2D eigenvalue weighted by atomic mass is 19.1. The van der Waals surface area contributed by atoms with Gasteiger partial charge >= 0.3 is 0 Å². The molecule has 0 fully saturated rings. The number of alkyl halides is 1. The van der Waals surface area contributed by atoms with Crippen molar-refractivity contribution in [3.63, 3.8) is 0 Å². The topological polar surface area (TPSA) is 0 Å². The van der Waals surface area contributed by atoms with Crippen molar-refractivity contribution in [1.29, 1.82) is 0 Å². The molecule has 0 saturated heterocycles. The van der Waals surface area contributed by atoms with E-state index in [1.54, 1.807) is 13.8 Å². The predicted octanol–water partition coefficient (Wildman–Crippen LogP) is 3.84. The molecule has 1 heteroatoms. The summed E-state index contributed by atoms with van der Waals surface area (Å²) in [4.78, 5) is 0. The zero-order valence-corrected chi connectivity index (χ0v) is 8.60. The Morgan fingerprint density at radius 1 is 1.31 bits per heavy atom. The minimum atomic E-state index is -1.22. The lowest BCUT2D eigenvalue weighted by Crippen LogP contribution is -2.09. The molecule has 1 rings (SSSR count). The van der Waals surface area contributed by atoms with Crippen molar-refractivity contribution in [2.24, 2.45) is 0 Å². The van der Waals surface area contributed by atoms with Crippen molar-refractivity contribution in [1.82, 2.24) is 0 Å². The number of aryl methyl sites for hydroxylation is 1. The van der Waals surface area contributed by atoms with E-state index < -0.39 is 5.67 Å². The van der Waals surface area contributed by atoms with Gasteiger partial charge in [-0.1, -0.05) is 37.6 Å². The van der Waals surface area contributed by atoms with Gasteiger partial charge in [-0.05, 0) is 31.4 Å². The fraction of sp³-hybridized carbons (Fsp3) is 0.500. The highest BCUT2D eigenvalue weighted by Gasteiger charge is 2.18. The zero-order chi connectivity index (χ0) is 9.90. The van der Waals surface area contributed by atoms with Crippen molar-refractivity contribution in [2.75, 3.05) is 0 Å². The van der Waals surface area contributed by atoms with Crippen LogP contribution < -0.4 is 0 Å². The van der Waals surface area contributed by atoms with E-state index in [4.69, 9.17) is 0 Å². The van der Waals surface area contributed by atoms with Gasteiger partial charge in [0.25, 0.3) is 0 Å². The van der Waals surface area contributed by atoms with Gasteiger partial charge < -0.3 is 0 Å². The van der Waals surface area contributed by atoms with Gasteiger partial charge in [0.15, 0.2) is 0 Å². The minimum Gasteiger partial charge on any atom is -0.239 e. The Kier molecular flexibility index (Phi) is 3.07. The SMILES string of the molecule is CCCc1cccc(C(C)(C)F)c1. The van der Waals surface area contributed by atoms with Gasteiger partial charge in [0.2, 0.25) is 0 Å². The monoisotopic (exact) mass is 180 g/mol. The maximum atomic E-state index is 13.5. The lowest BCUT2D eigenvalue weighted by Gasteiger charge is -2.15. The second-order valence-corrected chi connectivity index (χ2v) is 3.92. The van der Waals surface area contributed by atoms with Gasteiger partial charge in [-0.2, -0.15) is 0 Å². The van der Waals surface area contributed by atoms with Crippen molar-refractivity contribution in [3.05, 3.63) is 35.4 Å². The summed E-state index contributed by atoms with van der Waals surface area (Å²) in [6.07, 6.45) is 2.14. The van der Waals surface area contributed by atoms with Crippen LogP contribution in [0.1, 0.15) is 38.3 Å². The maximum Gasteiger partial charge on any atom is 0.130 e. The molecule has 0 radical (unpaired) electrons. The van der Waals surface area contributed by atoms with Gasteiger partial charge in [0, 0.05) is 0 Å². The van der Waals surface area contributed by atoms with Crippen molar-refractivity contribution in [2.45, 2.75) is 39.3 Å². The molecule has 0 nitrogen and oxygen atoms in total. The summed E-state index contributed by atoms with van der Waals surface area (Å²) in [5, 5.41) is 0. The van der Waals surface area contributed by atoms with Crippen LogP contribution in [0.25, 0.3) is 0 Å². The average Bonchev–Trinajstić information content (AvgIpc) is 2.04. The largest absolute Gasteiger partial charge is 0.239 e.